The predicted molar refractivity (Wildman–Crippen MR) is 214 cm³/mol. The fraction of sp³-hybridized carbons (Fsp3) is 0.364. The first-order valence-corrected chi connectivity index (χ1v) is 20.2. The van der Waals surface area contributed by atoms with E-state index in [2.05, 4.69) is 75.9 Å². The number of likely N-dealkylation sites (N-methyl/N-ethyl adjacent to an activating group) is 1. The van der Waals surface area contributed by atoms with Gasteiger partial charge in [-0.15, -0.1) is 0 Å². The van der Waals surface area contributed by atoms with Crippen LogP contribution < -0.4 is 9.64 Å². The normalized spacial score (nSPS) is 19.8. The SMILES string of the molecule is CCN1C(=CC=C2OC(C)(C)OC(C=CC3=[N+](CCS(=O)(=O)O)c4ccc(C)cc4C3(C)C)=C2Oc2ccc(CCOC=O)cc2)C(C)(C)c2ccccc21. The molecule has 3 heterocycles. The molecule has 0 saturated heterocycles. The van der Waals surface area contributed by atoms with E-state index >= 15 is 0 Å². The maximum atomic E-state index is 11.9. The van der Waals surface area contributed by atoms with Crippen LogP contribution in [0.4, 0.5) is 11.4 Å². The maximum Gasteiger partial charge on any atom is 0.293 e. The summed E-state index contributed by atoms with van der Waals surface area (Å²) in [5, 5.41) is 0. The van der Waals surface area contributed by atoms with Crippen molar-refractivity contribution in [2.75, 3.05) is 30.3 Å². The monoisotopic (exact) mass is 767 g/mol. The highest BCUT2D eigenvalue weighted by Gasteiger charge is 2.45. The van der Waals surface area contributed by atoms with Crippen LogP contribution in [0.3, 0.4) is 0 Å². The molecule has 3 aliphatic rings. The summed E-state index contributed by atoms with van der Waals surface area (Å²) in [6, 6.07) is 22.1. The Labute approximate surface area is 324 Å². The van der Waals surface area contributed by atoms with Gasteiger partial charge in [-0.2, -0.15) is 13.0 Å². The van der Waals surface area contributed by atoms with Gasteiger partial charge in [-0.25, -0.2) is 0 Å². The standard InChI is InChI=1S/C44H50N2O8S/c1-9-45-35-13-11-10-12-33(35)42(3,4)39(45)22-20-37-41(52-32-17-15-31(16-18-32)24-26-51-29-47)38(54-44(7,8)53-37)21-23-40-43(5,6)34-28-30(2)14-19-36(34)46(40)25-27-55(48,49)50/h10-23,28-29H,9,24-27H2,1-8H3/p+1. The molecule has 0 atom stereocenters. The molecule has 290 valence electrons. The molecule has 55 heavy (non-hydrogen) atoms. The van der Waals surface area contributed by atoms with Crippen LogP contribution in [0.2, 0.25) is 0 Å². The lowest BCUT2D eigenvalue weighted by molar-refractivity contribution is -0.432. The molecule has 6 rings (SSSR count). The molecule has 11 heteroatoms. The van der Waals surface area contributed by atoms with Crippen LogP contribution in [0.15, 0.2) is 114 Å². The number of allylic oxidation sites excluding steroid dienone is 5. The summed E-state index contributed by atoms with van der Waals surface area (Å²) in [6.45, 7) is 18.0. The van der Waals surface area contributed by atoms with Gasteiger partial charge in [-0.1, -0.05) is 55.8 Å². The molecule has 0 aromatic heterocycles. The Kier molecular flexibility index (Phi) is 10.9. The average Bonchev–Trinajstić information content (AvgIpc) is 3.47. The molecule has 3 aliphatic heterocycles. The zero-order valence-electron chi connectivity index (χ0n) is 32.9. The largest absolute Gasteiger partial charge is 0.468 e. The average molecular weight is 768 g/mol. The van der Waals surface area contributed by atoms with Crippen LogP contribution in [0.1, 0.15) is 70.7 Å². The van der Waals surface area contributed by atoms with Crippen molar-refractivity contribution in [1.29, 1.82) is 0 Å². The van der Waals surface area contributed by atoms with Crippen molar-refractivity contribution >= 4 is 33.7 Å². The number of carbonyl (C=O) groups excluding carboxylic acids is 1. The number of fused-ring (bicyclic) bond motifs is 2. The maximum absolute atomic E-state index is 11.9. The molecule has 0 fully saturated rings. The fourth-order valence-electron chi connectivity index (χ4n) is 7.68. The molecule has 0 spiro atoms. The van der Waals surface area contributed by atoms with E-state index in [-0.39, 0.29) is 18.6 Å². The lowest BCUT2D eigenvalue weighted by Crippen LogP contribution is -2.34. The molecule has 3 aromatic carbocycles. The van der Waals surface area contributed by atoms with Crippen molar-refractivity contribution in [3.8, 4) is 5.75 Å². The predicted octanol–water partition coefficient (Wildman–Crippen LogP) is 8.19. The van der Waals surface area contributed by atoms with E-state index < -0.39 is 27.1 Å². The number of para-hydroxylation sites is 1. The van der Waals surface area contributed by atoms with Crippen LogP contribution in [-0.2, 0) is 46.4 Å². The molecule has 0 amide bonds. The van der Waals surface area contributed by atoms with Gasteiger partial charge in [0.05, 0.1) is 12.0 Å². The van der Waals surface area contributed by atoms with E-state index in [4.69, 9.17) is 18.9 Å². The lowest BCUT2D eigenvalue weighted by atomic mass is 9.81. The second-order valence-corrected chi connectivity index (χ2v) is 17.1. The number of rotatable bonds is 13. The summed E-state index contributed by atoms with van der Waals surface area (Å²) in [5.41, 5.74) is 7.56. The molecule has 10 nitrogen and oxygen atoms in total. The summed E-state index contributed by atoms with van der Waals surface area (Å²) in [7, 11) is -4.23. The van der Waals surface area contributed by atoms with Gasteiger partial charge in [-0.05, 0) is 81.3 Å². The first-order valence-electron chi connectivity index (χ1n) is 18.6. The Hall–Kier alpha value is -5.13. The Bertz CT molecular complexity index is 2240. The number of hydrogen-bond donors (Lipinski definition) is 1. The van der Waals surface area contributed by atoms with Crippen molar-refractivity contribution in [1.82, 2.24) is 0 Å². The van der Waals surface area contributed by atoms with E-state index in [0.717, 1.165) is 40.3 Å². The van der Waals surface area contributed by atoms with Gasteiger partial charge in [0.1, 0.15) is 11.5 Å². The molecular formula is C44H51N2O8S+. The second kappa shape index (κ2) is 15.2. The number of nitrogens with zero attached hydrogens (tertiary/aromatic N) is 2. The topological polar surface area (TPSA) is 115 Å². The van der Waals surface area contributed by atoms with Crippen molar-refractivity contribution in [2.45, 2.75) is 78.4 Å². The van der Waals surface area contributed by atoms with E-state index in [0.29, 0.717) is 35.9 Å². The molecule has 0 radical (unpaired) electrons. The molecular weight excluding hydrogens is 717 g/mol. The molecule has 1 N–H and O–H groups in total. The minimum atomic E-state index is -4.23. The van der Waals surface area contributed by atoms with Crippen molar-refractivity contribution < 1.29 is 41.3 Å². The van der Waals surface area contributed by atoms with E-state index in [1.165, 1.54) is 11.3 Å². The zero-order chi connectivity index (χ0) is 39.8. The number of carbonyl (C=O) groups is 1. The minimum Gasteiger partial charge on any atom is -0.468 e. The number of benzene rings is 3. The van der Waals surface area contributed by atoms with Gasteiger partial charge in [0.2, 0.25) is 17.2 Å². The minimum absolute atomic E-state index is 0.0604. The Morgan fingerprint density at radius 2 is 1.62 bits per heavy atom. The lowest BCUT2D eigenvalue weighted by Gasteiger charge is -2.35. The third-order valence-corrected chi connectivity index (χ3v) is 11.1. The summed E-state index contributed by atoms with van der Waals surface area (Å²) >= 11 is 0. The molecule has 0 unspecified atom stereocenters. The third kappa shape index (κ3) is 8.28. The third-order valence-electron chi connectivity index (χ3n) is 10.4. The van der Waals surface area contributed by atoms with Gasteiger partial charge in [-0.3, -0.25) is 9.35 Å². The van der Waals surface area contributed by atoms with E-state index in [1.54, 1.807) is 0 Å². The molecule has 0 aliphatic carbocycles. The molecule has 0 saturated carbocycles. The van der Waals surface area contributed by atoms with Gasteiger partial charge >= 0.3 is 0 Å². The Morgan fingerprint density at radius 1 is 0.891 bits per heavy atom. The van der Waals surface area contributed by atoms with Crippen LogP contribution in [-0.4, -0.2) is 61.0 Å². The quantitative estimate of drug-likeness (QED) is 0.0796. The van der Waals surface area contributed by atoms with Crippen LogP contribution in [0, 0.1) is 6.92 Å². The van der Waals surface area contributed by atoms with Gasteiger partial charge in [0.25, 0.3) is 16.6 Å². The fourth-order valence-corrected chi connectivity index (χ4v) is 8.09. The van der Waals surface area contributed by atoms with Crippen LogP contribution >= 0.6 is 0 Å². The molecule has 0 bridgehead atoms. The van der Waals surface area contributed by atoms with Gasteiger partial charge in [0, 0.05) is 61.3 Å². The van der Waals surface area contributed by atoms with Gasteiger partial charge < -0.3 is 23.8 Å². The summed E-state index contributed by atoms with van der Waals surface area (Å²) in [5.74, 6) is 0.259. The van der Waals surface area contributed by atoms with Gasteiger partial charge in [0.15, 0.2) is 23.8 Å². The Balaban J connectivity index is 1.49. The van der Waals surface area contributed by atoms with E-state index in [9.17, 15) is 17.8 Å². The zero-order valence-corrected chi connectivity index (χ0v) is 33.7. The van der Waals surface area contributed by atoms with E-state index in [1.807, 2.05) is 80.0 Å². The highest BCUT2D eigenvalue weighted by Crippen LogP contribution is 2.48. The molecule has 3 aromatic rings. The van der Waals surface area contributed by atoms with Crippen LogP contribution in [0.25, 0.3) is 0 Å². The summed E-state index contributed by atoms with van der Waals surface area (Å²) in [4.78, 5) is 13.0. The first kappa shape index (κ1) is 39.6. The highest BCUT2D eigenvalue weighted by molar-refractivity contribution is 7.85. The summed E-state index contributed by atoms with van der Waals surface area (Å²) in [6.07, 6.45) is 8.36. The van der Waals surface area contributed by atoms with Crippen molar-refractivity contribution in [3.63, 3.8) is 0 Å². The number of ether oxygens (including phenoxy) is 4. The smallest absolute Gasteiger partial charge is 0.293 e. The van der Waals surface area contributed by atoms with Crippen molar-refractivity contribution in [2.24, 2.45) is 0 Å². The number of hydrogen-bond acceptors (Lipinski definition) is 8. The summed E-state index contributed by atoms with van der Waals surface area (Å²) < 4.78 is 60.1. The first-order chi connectivity index (χ1) is 25.9. The Morgan fingerprint density at radius 3 is 2.31 bits per heavy atom. The van der Waals surface area contributed by atoms with Crippen molar-refractivity contribution in [3.05, 3.63) is 136 Å². The van der Waals surface area contributed by atoms with Crippen LogP contribution in [0.5, 0.6) is 5.75 Å². The number of aryl methyl sites for hydroxylation is 1. The second-order valence-electron chi connectivity index (χ2n) is 15.5. The highest BCUT2D eigenvalue weighted by atomic mass is 32.2. The number of anilines is 1.